The van der Waals surface area contributed by atoms with Crippen LogP contribution in [0.3, 0.4) is 0 Å². The normalized spacial score (nSPS) is 12.3. The van der Waals surface area contributed by atoms with Gasteiger partial charge in [-0.15, -0.1) is 0 Å². The van der Waals surface area contributed by atoms with Gasteiger partial charge in [-0.25, -0.2) is 4.39 Å². The van der Waals surface area contributed by atoms with Gasteiger partial charge in [0.05, 0.1) is 13.5 Å². The van der Waals surface area contributed by atoms with Gasteiger partial charge in [-0.05, 0) is 43.4 Å². The number of amides is 1. The summed E-state index contributed by atoms with van der Waals surface area (Å²) in [5, 5.41) is 2.94. The smallest absolute Gasteiger partial charge is 0.224 e. The van der Waals surface area contributed by atoms with Gasteiger partial charge in [0.1, 0.15) is 0 Å². The van der Waals surface area contributed by atoms with Crippen molar-refractivity contribution in [2.24, 2.45) is 5.92 Å². The van der Waals surface area contributed by atoms with Crippen molar-refractivity contribution in [3.63, 3.8) is 0 Å². The maximum atomic E-state index is 13.5. The topological polar surface area (TPSA) is 38.3 Å². The molecule has 1 aromatic carbocycles. The highest BCUT2D eigenvalue weighted by Gasteiger charge is 2.10. The van der Waals surface area contributed by atoms with Crippen LogP contribution in [0.25, 0.3) is 0 Å². The van der Waals surface area contributed by atoms with Crippen LogP contribution in [0.15, 0.2) is 18.2 Å². The standard InChI is InChI=1S/C16H24FNO2/c1-11(2)5-6-12(3)18-16(19)10-13-7-8-15(20-4)14(17)9-13/h7-9,11-12H,5-6,10H2,1-4H3,(H,18,19). The Labute approximate surface area is 120 Å². The van der Waals surface area contributed by atoms with Crippen LogP contribution >= 0.6 is 0 Å². The fourth-order valence-electron chi connectivity index (χ4n) is 1.99. The van der Waals surface area contributed by atoms with Crippen molar-refractivity contribution in [2.75, 3.05) is 7.11 Å². The third-order valence-corrected chi connectivity index (χ3v) is 3.17. The molecule has 3 nitrogen and oxygen atoms in total. The third-order valence-electron chi connectivity index (χ3n) is 3.17. The lowest BCUT2D eigenvalue weighted by atomic mass is 10.0. The van der Waals surface area contributed by atoms with Gasteiger partial charge in [0.15, 0.2) is 11.6 Å². The lowest BCUT2D eigenvalue weighted by Crippen LogP contribution is -2.33. The number of hydrogen-bond acceptors (Lipinski definition) is 2. The van der Waals surface area contributed by atoms with Crippen molar-refractivity contribution >= 4 is 5.91 Å². The van der Waals surface area contributed by atoms with Crippen molar-refractivity contribution in [2.45, 2.75) is 46.1 Å². The summed E-state index contributed by atoms with van der Waals surface area (Å²) < 4.78 is 18.4. The fraction of sp³-hybridized carbons (Fsp3) is 0.562. The molecule has 1 unspecified atom stereocenters. The number of ether oxygens (including phenoxy) is 1. The first-order valence-corrected chi connectivity index (χ1v) is 7.04. The van der Waals surface area contributed by atoms with E-state index in [9.17, 15) is 9.18 Å². The van der Waals surface area contributed by atoms with Crippen LogP contribution < -0.4 is 10.1 Å². The van der Waals surface area contributed by atoms with E-state index < -0.39 is 5.82 Å². The van der Waals surface area contributed by atoms with E-state index >= 15 is 0 Å². The van der Waals surface area contributed by atoms with Crippen LogP contribution in [-0.4, -0.2) is 19.1 Å². The van der Waals surface area contributed by atoms with Gasteiger partial charge < -0.3 is 10.1 Å². The van der Waals surface area contributed by atoms with Gasteiger partial charge in [0, 0.05) is 6.04 Å². The summed E-state index contributed by atoms with van der Waals surface area (Å²) in [6.07, 6.45) is 2.23. The van der Waals surface area contributed by atoms with Gasteiger partial charge in [-0.2, -0.15) is 0 Å². The molecular weight excluding hydrogens is 257 g/mol. The molecule has 20 heavy (non-hydrogen) atoms. The number of carbonyl (C=O) groups is 1. The molecule has 0 saturated carbocycles. The predicted octanol–water partition coefficient (Wildman–Crippen LogP) is 3.32. The number of rotatable bonds is 7. The van der Waals surface area contributed by atoms with E-state index in [2.05, 4.69) is 19.2 Å². The lowest BCUT2D eigenvalue weighted by Gasteiger charge is -2.15. The molecule has 0 spiro atoms. The molecule has 1 rings (SSSR count). The molecule has 0 aliphatic carbocycles. The zero-order valence-electron chi connectivity index (χ0n) is 12.7. The Morgan fingerprint density at radius 2 is 2.00 bits per heavy atom. The molecule has 0 saturated heterocycles. The van der Waals surface area contributed by atoms with Crippen LogP contribution in [0, 0.1) is 11.7 Å². The van der Waals surface area contributed by atoms with Gasteiger partial charge in [0.2, 0.25) is 5.91 Å². The van der Waals surface area contributed by atoms with Gasteiger partial charge in [-0.1, -0.05) is 19.9 Å². The lowest BCUT2D eigenvalue weighted by molar-refractivity contribution is -0.121. The van der Waals surface area contributed by atoms with E-state index in [4.69, 9.17) is 4.74 Å². The molecular formula is C16H24FNO2. The quantitative estimate of drug-likeness (QED) is 0.832. The first-order chi connectivity index (χ1) is 9.42. The van der Waals surface area contributed by atoms with E-state index in [0.29, 0.717) is 11.5 Å². The molecule has 0 radical (unpaired) electrons. The summed E-state index contributed by atoms with van der Waals surface area (Å²) in [6.45, 7) is 6.32. The van der Waals surface area contributed by atoms with E-state index in [1.54, 1.807) is 12.1 Å². The first kappa shape index (κ1) is 16.5. The highest BCUT2D eigenvalue weighted by atomic mass is 19.1. The van der Waals surface area contributed by atoms with Gasteiger partial charge >= 0.3 is 0 Å². The minimum atomic E-state index is -0.439. The zero-order chi connectivity index (χ0) is 15.1. The highest BCUT2D eigenvalue weighted by molar-refractivity contribution is 5.78. The van der Waals surface area contributed by atoms with Crippen molar-refractivity contribution in [3.05, 3.63) is 29.6 Å². The molecule has 0 aliphatic rings. The van der Waals surface area contributed by atoms with E-state index in [1.807, 2.05) is 6.92 Å². The molecule has 0 aliphatic heterocycles. The monoisotopic (exact) mass is 281 g/mol. The SMILES string of the molecule is COc1ccc(CC(=O)NC(C)CCC(C)C)cc1F. The highest BCUT2D eigenvalue weighted by Crippen LogP contribution is 2.18. The summed E-state index contributed by atoms with van der Waals surface area (Å²) in [4.78, 5) is 11.9. The van der Waals surface area contributed by atoms with Crippen LogP contribution in [0.5, 0.6) is 5.75 Å². The summed E-state index contributed by atoms with van der Waals surface area (Å²) >= 11 is 0. The summed E-state index contributed by atoms with van der Waals surface area (Å²) in [5.74, 6) is 0.306. The number of halogens is 1. The molecule has 0 bridgehead atoms. The maximum absolute atomic E-state index is 13.5. The first-order valence-electron chi connectivity index (χ1n) is 7.04. The number of nitrogens with one attached hydrogen (secondary N) is 1. The molecule has 0 aromatic heterocycles. The minimum Gasteiger partial charge on any atom is -0.494 e. The zero-order valence-corrected chi connectivity index (χ0v) is 12.7. The Balaban J connectivity index is 2.47. The number of benzene rings is 1. The Morgan fingerprint density at radius 1 is 1.30 bits per heavy atom. The molecule has 1 N–H and O–H groups in total. The summed E-state index contributed by atoms with van der Waals surface area (Å²) in [5.41, 5.74) is 0.650. The van der Waals surface area contributed by atoms with E-state index in [1.165, 1.54) is 13.2 Å². The number of methoxy groups -OCH3 is 1. The number of hydrogen-bond donors (Lipinski definition) is 1. The van der Waals surface area contributed by atoms with Crippen molar-refractivity contribution in [1.29, 1.82) is 0 Å². The molecule has 4 heteroatoms. The van der Waals surface area contributed by atoms with Crippen LogP contribution in [-0.2, 0) is 11.2 Å². The Hall–Kier alpha value is -1.58. The fourth-order valence-corrected chi connectivity index (χ4v) is 1.99. The average molecular weight is 281 g/mol. The second-order valence-electron chi connectivity index (χ2n) is 5.59. The second kappa shape index (κ2) is 7.88. The summed E-state index contributed by atoms with van der Waals surface area (Å²) in [6, 6.07) is 4.74. The largest absolute Gasteiger partial charge is 0.494 e. The third kappa shape index (κ3) is 5.59. The molecule has 0 fully saturated rings. The molecule has 1 amide bonds. The second-order valence-corrected chi connectivity index (χ2v) is 5.59. The predicted molar refractivity (Wildman–Crippen MR) is 78.3 cm³/mol. The Morgan fingerprint density at radius 3 is 2.55 bits per heavy atom. The van der Waals surface area contributed by atoms with Crippen molar-refractivity contribution in [3.8, 4) is 5.75 Å². The minimum absolute atomic E-state index is 0.0779. The van der Waals surface area contributed by atoms with Gasteiger partial charge in [-0.3, -0.25) is 4.79 Å². The van der Waals surface area contributed by atoms with Crippen LogP contribution in [0.4, 0.5) is 4.39 Å². The van der Waals surface area contributed by atoms with Crippen LogP contribution in [0.1, 0.15) is 39.2 Å². The van der Waals surface area contributed by atoms with Crippen molar-refractivity contribution in [1.82, 2.24) is 5.32 Å². The number of carbonyl (C=O) groups excluding carboxylic acids is 1. The molecule has 112 valence electrons. The molecule has 0 heterocycles. The Kier molecular flexibility index (Phi) is 6.49. The summed E-state index contributed by atoms with van der Waals surface area (Å²) in [7, 11) is 1.42. The average Bonchev–Trinajstić information content (AvgIpc) is 2.36. The van der Waals surface area contributed by atoms with Gasteiger partial charge in [0.25, 0.3) is 0 Å². The maximum Gasteiger partial charge on any atom is 0.224 e. The Bertz CT molecular complexity index is 446. The van der Waals surface area contributed by atoms with Crippen LogP contribution in [0.2, 0.25) is 0 Å². The van der Waals surface area contributed by atoms with E-state index in [0.717, 1.165) is 12.8 Å². The van der Waals surface area contributed by atoms with E-state index in [-0.39, 0.29) is 24.1 Å². The molecule has 1 atom stereocenters. The molecule has 1 aromatic rings. The van der Waals surface area contributed by atoms with Crippen molar-refractivity contribution < 1.29 is 13.9 Å².